The lowest BCUT2D eigenvalue weighted by Gasteiger charge is -2.34. The van der Waals surface area contributed by atoms with E-state index in [1.165, 1.54) is 6.20 Å². The normalized spacial score (nSPS) is 16.3. The van der Waals surface area contributed by atoms with Gasteiger partial charge in [0.1, 0.15) is 10.8 Å². The molecule has 42 heavy (non-hydrogen) atoms. The molecule has 0 saturated carbocycles. The SMILES string of the molecule is CC(C)Oc1cc2c(cc1Nc1ncc(Cl)c(Nc3ccccc3S(=O)(=O)C(C)C)n1)C(=O)N(C1CCN(C)CC1)C2. The minimum Gasteiger partial charge on any atom is -0.489 e. The summed E-state index contributed by atoms with van der Waals surface area (Å²) in [5.74, 6) is 1.04. The van der Waals surface area contributed by atoms with Crippen LogP contribution in [-0.2, 0) is 16.4 Å². The van der Waals surface area contributed by atoms with E-state index in [4.69, 9.17) is 16.3 Å². The summed E-state index contributed by atoms with van der Waals surface area (Å²) < 4.78 is 32.0. The molecule has 3 heterocycles. The Kier molecular flexibility index (Phi) is 8.63. The van der Waals surface area contributed by atoms with E-state index < -0.39 is 15.1 Å². The molecule has 10 nitrogen and oxygen atoms in total. The summed E-state index contributed by atoms with van der Waals surface area (Å²) in [5.41, 5.74) is 2.48. The van der Waals surface area contributed by atoms with Gasteiger partial charge in [-0.1, -0.05) is 23.7 Å². The molecule has 0 aliphatic carbocycles. The Labute approximate surface area is 252 Å². The van der Waals surface area contributed by atoms with E-state index in [1.54, 1.807) is 44.2 Å². The van der Waals surface area contributed by atoms with Crippen molar-refractivity contribution in [3.05, 3.63) is 58.7 Å². The Balaban J connectivity index is 1.44. The van der Waals surface area contributed by atoms with Crippen LogP contribution >= 0.6 is 11.6 Å². The number of hydrogen-bond acceptors (Lipinski definition) is 9. The number of likely N-dealkylation sites (tertiary alicyclic amines) is 1. The molecule has 1 aromatic heterocycles. The standard InChI is InChI=1S/C30H37ClN6O4S/c1-18(2)41-26-14-20-17-37(21-10-12-36(5)13-11-21)29(38)22(20)15-25(26)34-30-32-16-23(31)28(35-30)33-24-8-6-7-9-27(24)42(39,40)19(3)4/h6-9,14-16,18-19,21H,10-13,17H2,1-5H3,(H2,32,33,34,35). The van der Waals surface area contributed by atoms with Crippen LogP contribution in [0.15, 0.2) is 47.5 Å². The fraction of sp³-hybridized carbons (Fsp3) is 0.433. The summed E-state index contributed by atoms with van der Waals surface area (Å²) in [7, 11) is -1.45. The third kappa shape index (κ3) is 6.18. The van der Waals surface area contributed by atoms with Crippen LogP contribution in [0.4, 0.5) is 23.1 Å². The number of ether oxygens (including phenoxy) is 1. The molecule has 2 aliphatic rings. The van der Waals surface area contributed by atoms with E-state index in [1.807, 2.05) is 24.8 Å². The monoisotopic (exact) mass is 612 g/mol. The first-order valence-electron chi connectivity index (χ1n) is 14.2. The molecule has 3 aromatic rings. The molecule has 0 bridgehead atoms. The number of amides is 1. The van der Waals surface area contributed by atoms with Crippen molar-refractivity contribution in [3.63, 3.8) is 0 Å². The average Bonchev–Trinajstić information content (AvgIpc) is 3.26. The van der Waals surface area contributed by atoms with Gasteiger partial charge in [0.05, 0.1) is 33.8 Å². The molecule has 0 atom stereocenters. The maximum Gasteiger partial charge on any atom is 0.254 e. The summed E-state index contributed by atoms with van der Waals surface area (Å²) in [6.07, 6.45) is 3.23. The van der Waals surface area contributed by atoms with Gasteiger partial charge in [0, 0.05) is 18.2 Å². The van der Waals surface area contributed by atoms with Crippen LogP contribution in [0.25, 0.3) is 0 Å². The van der Waals surface area contributed by atoms with Crippen LogP contribution in [0.2, 0.25) is 5.02 Å². The second kappa shape index (κ2) is 12.1. The number of para-hydroxylation sites is 1. The van der Waals surface area contributed by atoms with Crippen LogP contribution < -0.4 is 15.4 Å². The Morgan fingerprint density at radius 3 is 2.45 bits per heavy atom. The van der Waals surface area contributed by atoms with Crippen molar-refractivity contribution in [2.24, 2.45) is 0 Å². The van der Waals surface area contributed by atoms with Crippen molar-refractivity contribution >= 4 is 50.5 Å². The Hall–Kier alpha value is -3.41. The predicted molar refractivity (Wildman–Crippen MR) is 165 cm³/mol. The summed E-state index contributed by atoms with van der Waals surface area (Å²) in [4.78, 5) is 26.8. The van der Waals surface area contributed by atoms with Gasteiger partial charge < -0.3 is 25.2 Å². The zero-order chi connectivity index (χ0) is 30.2. The first-order chi connectivity index (χ1) is 19.9. The van der Waals surface area contributed by atoms with Crippen LogP contribution in [0.1, 0.15) is 56.5 Å². The van der Waals surface area contributed by atoms with E-state index in [2.05, 4.69) is 32.5 Å². The number of benzene rings is 2. The van der Waals surface area contributed by atoms with Crippen LogP contribution in [0.3, 0.4) is 0 Å². The van der Waals surface area contributed by atoms with Gasteiger partial charge in [0.15, 0.2) is 15.7 Å². The van der Waals surface area contributed by atoms with E-state index in [-0.39, 0.29) is 39.7 Å². The fourth-order valence-corrected chi connectivity index (χ4v) is 6.59. The number of rotatable bonds is 9. The third-order valence-corrected chi connectivity index (χ3v) is 10.1. The molecule has 2 aliphatic heterocycles. The number of nitrogens with zero attached hydrogens (tertiary/aromatic N) is 4. The van der Waals surface area contributed by atoms with Gasteiger partial charge in [0.25, 0.3) is 5.91 Å². The number of fused-ring (bicyclic) bond motifs is 1. The number of hydrogen-bond donors (Lipinski definition) is 2. The van der Waals surface area contributed by atoms with Crippen molar-refractivity contribution in [1.82, 2.24) is 19.8 Å². The highest BCUT2D eigenvalue weighted by Gasteiger charge is 2.35. The first-order valence-corrected chi connectivity index (χ1v) is 16.1. The molecule has 0 spiro atoms. The maximum atomic E-state index is 13.5. The van der Waals surface area contributed by atoms with Gasteiger partial charge in [-0.15, -0.1) is 0 Å². The zero-order valence-corrected chi connectivity index (χ0v) is 26.1. The lowest BCUT2D eigenvalue weighted by Crippen LogP contribution is -2.43. The molecule has 0 radical (unpaired) electrons. The summed E-state index contributed by atoms with van der Waals surface area (Å²) in [6.45, 7) is 9.65. The summed E-state index contributed by atoms with van der Waals surface area (Å²) >= 11 is 6.43. The van der Waals surface area contributed by atoms with Gasteiger partial charge >= 0.3 is 0 Å². The van der Waals surface area contributed by atoms with E-state index >= 15 is 0 Å². The third-order valence-electron chi connectivity index (χ3n) is 7.59. The van der Waals surface area contributed by atoms with Crippen molar-refractivity contribution in [2.45, 2.75) is 69.4 Å². The lowest BCUT2D eigenvalue weighted by atomic mass is 10.0. The van der Waals surface area contributed by atoms with E-state index in [0.29, 0.717) is 29.2 Å². The molecule has 0 unspecified atom stereocenters. The molecule has 12 heteroatoms. The number of piperidine rings is 1. The number of carbonyl (C=O) groups excluding carboxylic acids is 1. The number of carbonyl (C=O) groups is 1. The molecular formula is C30H37ClN6O4S. The number of anilines is 4. The van der Waals surface area contributed by atoms with E-state index in [0.717, 1.165) is 31.5 Å². The summed E-state index contributed by atoms with van der Waals surface area (Å²) in [6, 6.07) is 10.6. The van der Waals surface area contributed by atoms with Crippen molar-refractivity contribution in [3.8, 4) is 5.75 Å². The minimum atomic E-state index is -3.56. The quantitative estimate of drug-likeness (QED) is 0.317. The second-order valence-electron chi connectivity index (χ2n) is 11.4. The second-order valence-corrected chi connectivity index (χ2v) is 14.2. The number of sulfone groups is 1. The van der Waals surface area contributed by atoms with Gasteiger partial charge in [-0.2, -0.15) is 4.98 Å². The highest BCUT2D eigenvalue weighted by atomic mass is 35.5. The molecule has 224 valence electrons. The Morgan fingerprint density at radius 2 is 1.76 bits per heavy atom. The number of halogens is 1. The average molecular weight is 613 g/mol. The maximum absolute atomic E-state index is 13.5. The molecule has 2 N–H and O–H groups in total. The van der Waals surface area contributed by atoms with Gasteiger partial charge in [-0.05, 0) is 90.5 Å². The molecule has 2 aromatic carbocycles. The minimum absolute atomic E-state index is 0.0149. The zero-order valence-electron chi connectivity index (χ0n) is 24.5. The van der Waals surface area contributed by atoms with Gasteiger partial charge in [0.2, 0.25) is 5.95 Å². The van der Waals surface area contributed by atoms with Crippen LogP contribution in [0.5, 0.6) is 5.75 Å². The highest BCUT2D eigenvalue weighted by molar-refractivity contribution is 7.92. The fourth-order valence-electron chi connectivity index (χ4n) is 5.25. The Morgan fingerprint density at radius 1 is 1.05 bits per heavy atom. The predicted octanol–water partition coefficient (Wildman–Crippen LogP) is 5.64. The topological polar surface area (TPSA) is 117 Å². The highest BCUT2D eigenvalue weighted by Crippen LogP contribution is 2.38. The van der Waals surface area contributed by atoms with Gasteiger partial charge in [-0.25, -0.2) is 13.4 Å². The smallest absolute Gasteiger partial charge is 0.254 e. The van der Waals surface area contributed by atoms with Crippen LogP contribution in [-0.4, -0.2) is 71.6 Å². The molecule has 5 rings (SSSR count). The number of aromatic nitrogens is 2. The van der Waals surface area contributed by atoms with Crippen molar-refractivity contribution in [1.29, 1.82) is 0 Å². The van der Waals surface area contributed by atoms with Gasteiger partial charge in [-0.3, -0.25) is 4.79 Å². The molecule has 1 saturated heterocycles. The lowest BCUT2D eigenvalue weighted by molar-refractivity contribution is 0.0617. The number of nitrogens with one attached hydrogen (secondary N) is 2. The Bertz CT molecular complexity index is 1590. The summed E-state index contributed by atoms with van der Waals surface area (Å²) in [5, 5.41) is 5.89. The largest absolute Gasteiger partial charge is 0.489 e. The molecular weight excluding hydrogens is 576 g/mol. The van der Waals surface area contributed by atoms with Crippen molar-refractivity contribution < 1.29 is 17.9 Å². The van der Waals surface area contributed by atoms with E-state index in [9.17, 15) is 13.2 Å². The first kappa shape index (κ1) is 30.1. The molecule has 1 amide bonds. The molecule has 1 fully saturated rings. The van der Waals surface area contributed by atoms with Crippen molar-refractivity contribution in [2.75, 3.05) is 30.8 Å². The van der Waals surface area contributed by atoms with Crippen LogP contribution in [0, 0.1) is 0 Å².